The molecular formula is C32H28N2O4. The van der Waals surface area contributed by atoms with Crippen molar-refractivity contribution in [1.82, 2.24) is 9.78 Å². The standard InChI is InChI=1S/C32H28N2O4/c1-3-28-31(22-10-5-4-6-11-22)32(23-16-18-25(37-2)19-17-23)33-34(28)29-15-8-7-14-27(29)24-12-9-13-26(20-24)38-21-30(35)36/h4-20H,3,21H2,1-2H3,(H,35,36). The third-order valence-corrected chi connectivity index (χ3v) is 6.38. The number of rotatable bonds is 9. The van der Waals surface area contributed by atoms with Gasteiger partial charge in [0.2, 0.25) is 0 Å². The summed E-state index contributed by atoms with van der Waals surface area (Å²) in [5.74, 6) is 0.278. The molecule has 0 radical (unpaired) electrons. The van der Waals surface area contributed by atoms with Gasteiger partial charge in [0.1, 0.15) is 17.2 Å². The molecule has 0 atom stereocenters. The number of carboxylic acid groups (broad SMARTS) is 1. The highest BCUT2D eigenvalue weighted by atomic mass is 16.5. The fourth-order valence-corrected chi connectivity index (χ4v) is 4.64. The Balaban J connectivity index is 1.69. The molecule has 1 aromatic heterocycles. The van der Waals surface area contributed by atoms with Gasteiger partial charge in [-0.3, -0.25) is 0 Å². The second-order valence-electron chi connectivity index (χ2n) is 8.76. The van der Waals surface area contributed by atoms with Crippen LogP contribution in [0.2, 0.25) is 0 Å². The summed E-state index contributed by atoms with van der Waals surface area (Å²) in [6.07, 6.45) is 0.767. The third kappa shape index (κ3) is 5.02. The molecule has 0 fully saturated rings. The zero-order valence-electron chi connectivity index (χ0n) is 21.3. The molecule has 6 heteroatoms. The summed E-state index contributed by atoms with van der Waals surface area (Å²) >= 11 is 0. The molecule has 0 saturated heterocycles. The monoisotopic (exact) mass is 504 g/mol. The zero-order valence-corrected chi connectivity index (χ0v) is 21.3. The van der Waals surface area contributed by atoms with Crippen LogP contribution in [0.5, 0.6) is 11.5 Å². The summed E-state index contributed by atoms with van der Waals surface area (Å²) in [6, 6.07) is 33.9. The number of hydrogen-bond donors (Lipinski definition) is 1. The van der Waals surface area contributed by atoms with Crippen molar-refractivity contribution in [3.63, 3.8) is 0 Å². The second kappa shape index (κ2) is 11.0. The van der Waals surface area contributed by atoms with Gasteiger partial charge >= 0.3 is 5.97 Å². The smallest absolute Gasteiger partial charge is 0.341 e. The highest BCUT2D eigenvalue weighted by molar-refractivity contribution is 5.84. The first-order chi connectivity index (χ1) is 18.6. The van der Waals surface area contributed by atoms with Crippen molar-refractivity contribution < 1.29 is 19.4 Å². The van der Waals surface area contributed by atoms with Gasteiger partial charge in [-0.05, 0) is 60.0 Å². The molecule has 0 saturated carbocycles. The predicted molar refractivity (Wildman–Crippen MR) is 149 cm³/mol. The molecule has 0 spiro atoms. The van der Waals surface area contributed by atoms with E-state index in [4.69, 9.17) is 19.7 Å². The van der Waals surface area contributed by atoms with Gasteiger partial charge in [-0.1, -0.05) is 67.6 Å². The number of carboxylic acids is 1. The number of ether oxygens (including phenoxy) is 2. The molecule has 0 amide bonds. The van der Waals surface area contributed by atoms with Crippen LogP contribution in [0.3, 0.4) is 0 Å². The van der Waals surface area contributed by atoms with Gasteiger partial charge < -0.3 is 14.6 Å². The molecule has 5 aromatic rings. The highest BCUT2D eigenvalue weighted by Crippen LogP contribution is 2.38. The lowest BCUT2D eigenvalue weighted by molar-refractivity contribution is -0.139. The van der Waals surface area contributed by atoms with Crippen LogP contribution >= 0.6 is 0 Å². The maximum atomic E-state index is 11.0. The Morgan fingerprint density at radius 3 is 2.24 bits per heavy atom. The van der Waals surface area contributed by atoms with Gasteiger partial charge in [0.15, 0.2) is 6.61 Å². The van der Waals surface area contributed by atoms with Crippen molar-refractivity contribution in [3.05, 3.63) is 109 Å². The lowest BCUT2D eigenvalue weighted by atomic mass is 9.97. The van der Waals surface area contributed by atoms with E-state index in [0.717, 1.165) is 57.1 Å². The summed E-state index contributed by atoms with van der Waals surface area (Å²) in [4.78, 5) is 11.0. The van der Waals surface area contributed by atoms with Crippen molar-refractivity contribution in [2.45, 2.75) is 13.3 Å². The van der Waals surface area contributed by atoms with Gasteiger partial charge in [-0.2, -0.15) is 5.10 Å². The Labute approximate surface area is 221 Å². The molecule has 0 unspecified atom stereocenters. The van der Waals surface area contributed by atoms with Crippen LogP contribution in [0.1, 0.15) is 12.6 Å². The summed E-state index contributed by atoms with van der Waals surface area (Å²) in [7, 11) is 1.66. The normalized spacial score (nSPS) is 10.8. The van der Waals surface area contributed by atoms with E-state index in [9.17, 15) is 4.79 Å². The average Bonchev–Trinajstić information content (AvgIpc) is 3.36. The van der Waals surface area contributed by atoms with E-state index in [1.54, 1.807) is 13.2 Å². The number of hydrogen-bond acceptors (Lipinski definition) is 4. The van der Waals surface area contributed by atoms with Gasteiger partial charge in [-0.25, -0.2) is 9.48 Å². The quantitative estimate of drug-likeness (QED) is 0.236. The van der Waals surface area contributed by atoms with Gasteiger partial charge in [-0.15, -0.1) is 0 Å². The lowest BCUT2D eigenvalue weighted by Crippen LogP contribution is -2.09. The first kappa shape index (κ1) is 24.8. The molecule has 6 nitrogen and oxygen atoms in total. The maximum absolute atomic E-state index is 11.0. The molecule has 1 N–H and O–H groups in total. The van der Waals surface area contributed by atoms with E-state index in [1.165, 1.54) is 0 Å². The first-order valence-corrected chi connectivity index (χ1v) is 12.4. The SMILES string of the molecule is CCc1c(-c2ccccc2)c(-c2ccc(OC)cc2)nn1-c1ccccc1-c1cccc(OCC(=O)O)c1. The largest absolute Gasteiger partial charge is 0.497 e. The molecule has 4 aromatic carbocycles. The van der Waals surface area contributed by atoms with Gasteiger partial charge in [0.25, 0.3) is 0 Å². The van der Waals surface area contributed by atoms with Crippen LogP contribution < -0.4 is 9.47 Å². The number of aromatic nitrogens is 2. The zero-order chi connectivity index (χ0) is 26.5. The number of benzene rings is 4. The topological polar surface area (TPSA) is 73.6 Å². The van der Waals surface area contributed by atoms with Crippen LogP contribution in [-0.2, 0) is 11.2 Å². The molecule has 190 valence electrons. The highest BCUT2D eigenvalue weighted by Gasteiger charge is 2.22. The van der Waals surface area contributed by atoms with Crippen LogP contribution in [0.25, 0.3) is 39.2 Å². The van der Waals surface area contributed by atoms with Crippen molar-refractivity contribution >= 4 is 5.97 Å². The minimum absolute atomic E-state index is 0.393. The second-order valence-corrected chi connectivity index (χ2v) is 8.76. The van der Waals surface area contributed by atoms with Crippen LogP contribution in [-0.4, -0.2) is 34.6 Å². The summed E-state index contributed by atoms with van der Waals surface area (Å²) in [6.45, 7) is 1.75. The average molecular weight is 505 g/mol. The minimum Gasteiger partial charge on any atom is -0.497 e. The molecule has 5 rings (SSSR count). The Morgan fingerprint density at radius 2 is 1.53 bits per heavy atom. The van der Waals surface area contributed by atoms with Crippen LogP contribution in [0.4, 0.5) is 0 Å². The Morgan fingerprint density at radius 1 is 0.816 bits per heavy atom. The number of methoxy groups -OCH3 is 1. The van der Waals surface area contributed by atoms with Crippen molar-refractivity contribution in [2.24, 2.45) is 0 Å². The number of carbonyl (C=O) groups is 1. The van der Waals surface area contributed by atoms with E-state index in [-0.39, 0.29) is 0 Å². The summed E-state index contributed by atoms with van der Waals surface area (Å²) in [5, 5.41) is 14.2. The van der Waals surface area contributed by atoms with Crippen LogP contribution in [0.15, 0.2) is 103 Å². The number of aliphatic carboxylic acids is 1. The summed E-state index contributed by atoms with van der Waals surface area (Å²) in [5.41, 5.74) is 7.97. The van der Waals surface area contributed by atoms with E-state index < -0.39 is 12.6 Å². The summed E-state index contributed by atoms with van der Waals surface area (Å²) < 4.78 is 12.9. The van der Waals surface area contributed by atoms with Gasteiger partial charge in [0.05, 0.1) is 18.5 Å². The fraction of sp³-hybridized carbons (Fsp3) is 0.125. The minimum atomic E-state index is -1.01. The third-order valence-electron chi connectivity index (χ3n) is 6.38. The van der Waals surface area contributed by atoms with E-state index in [2.05, 4.69) is 25.1 Å². The molecule has 0 aliphatic carbocycles. The Hall–Kier alpha value is -4.84. The van der Waals surface area contributed by atoms with E-state index >= 15 is 0 Å². The van der Waals surface area contributed by atoms with Crippen molar-refractivity contribution in [1.29, 1.82) is 0 Å². The maximum Gasteiger partial charge on any atom is 0.341 e. The molecule has 1 heterocycles. The van der Waals surface area contributed by atoms with E-state index in [0.29, 0.717) is 5.75 Å². The first-order valence-electron chi connectivity index (χ1n) is 12.4. The number of para-hydroxylation sites is 1. The predicted octanol–water partition coefficient (Wildman–Crippen LogP) is 6.91. The Bertz CT molecular complexity index is 1560. The van der Waals surface area contributed by atoms with Crippen molar-refractivity contribution in [3.8, 4) is 50.7 Å². The molecule has 0 bridgehead atoms. The van der Waals surface area contributed by atoms with E-state index in [1.807, 2.05) is 83.5 Å². The number of nitrogens with zero attached hydrogens (tertiary/aromatic N) is 2. The molecule has 0 aliphatic heterocycles. The van der Waals surface area contributed by atoms with Gasteiger partial charge in [0, 0.05) is 16.7 Å². The lowest BCUT2D eigenvalue weighted by Gasteiger charge is -2.14. The fourth-order valence-electron chi connectivity index (χ4n) is 4.64. The molecule has 38 heavy (non-hydrogen) atoms. The van der Waals surface area contributed by atoms with Crippen molar-refractivity contribution in [2.75, 3.05) is 13.7 Å². The molecule has 0 aliphatic rings. The molecular weight excluding hydrogens is 476 g/mol. The van der Waals surface area contributed by atoms with Crippen LogP contribution in [0, 0.1) is 0 Å². The Kier molecular flexibility index (Phi) is 7.22.